The van der Waals surface area contributed by atoms with Crippen LogP contribution in [0.5, 0.6) is 0 Å². The number of hydrogen-bond donors (Lipinski definition) is 2. The highest BCUT2D eigenvalue weighted by atomic mass is 35.5. The Bertz CT molecular complexity index is 1610. The van der Waals surface area contributed by atoms with E-state index in [9.17, 15) is 18.8 Å². The third-order valence-corrected chi connectivity index (χ3v) is 7.93. The van der Waals surface area contributed by atoms with E-state index >= 15 is 0 Å². The normalized spacial score (nSPS) is 12.8. The van der Waals surface area contributed by atoms with E-state index in [1.54, 1.807) is 43.8 Å². The molecule has 0 radical (unpaired) electrons. The summed E-state index contributed by atoms with van der Waals surface area (Å²) >= 11 is 7.44. The van der Waals surface area contributed by atoms with Crippen LogP contribution in [-0.4, -0.2) is 39.2 Å². The Kier molecular flexibility index (Phi) is 10.0. The van der Waals surface area contributed by atoms with E-state index in [2.05, 4.69) is 15.7 Å². The Morgan fingerprint density at radius 2 is 1.79 bits per heavy atom. The van der Waals surface area contributed by atoms with Crippen LogP contribution in [0.25, 0.3) is 16.3 Å². The van der Waals surface area contributed by atoms with Crippen molar-refractivity contribution < 1.29 is 23.5 Å². The van der Waals surface area contributed by atoms with E-state index in [0.717, 1.165) is 11.8 Å². The third kappa shape index (κ3) is 8.09. The molecule has 2 N–H and O–H groups in total. The summed E-state index contributed by atoms with van der Waals surface area (Å²) in [5.41, 5.74) is 1.01. The lowest BCUT2D eigenvalue weighted by Crippen LogP contribution is -2.47. The van der Waals surface area contributed by atoms with Crippen molar-refractivity contribution >= 4 is 40.7 Å². The van der Waals surface area contributed by atoms with E-state index < -0.39 is 35.2 Å². The Labute approximate surface area is 259 Å². The van der Waals surface area contributed by atoms with Crippen molar-refractivity contribution in [2.24, 2.45) is 5.92 Å². The number of hydrogen-bond acceptors (Lipinski definition) is 6. The van der Waals surface area contributed by atoms with Gasteiger partial charge in [-0.2, -0.15) is 5.10 Å². The number of carbonyl (C=O) groups excluding carboxylic acids is 3. The second-order valence-corrected chi connectivity index (χ2v) is 12.8. The van der Waals surface area contributed by atoms with Crippen molar-refractivity contribution in [1.82, 2.24) is 20.4 Å². The molecule has 0 fully saturated rings. The van der Waals surface area contributed by atoms with Crippen LogP contribution in [0.3, 0.4) is 0 Å². The van der Waals surface area contributed by atoms with Crippen LogP contribution < -0.4 is 10.6 Å². The molecule has 2 aromatic heterocycles. The Morgan fingerprint density at radius 3 is 2.42 bits per heavy atom. The molecule has 0 spiro atoms. The largest absolute Gasteiger partial charge is 0.458 e. The van der Waals surface area contributed by atoms with E-state index in [0.29, 0.717) is 21.3 Å². The number of nitrogens with zero attached hydrogens (tertiary/aromatic N) is 2. The smallest absolute Gasteiger partial charge is 0.329 e. The van der Waals surface area contributed by atoms with Gasteiger partial charge >= 0.3 is 5.97 Å². The fraction of sp³-hybridized carbons (Fsp3) is 0.312. The maximum Gasteiger partial charge on any atom is 0.329 e. The van der Waals surface area contributed by atoms with E-state index in [-0.39, 0.29) is 29.2 Å². The van der Waals surface area contributed by atoms with Gasteiger partial charge in [0.2, 0.25) is 0 Å². The van der Waals surface area contributed by atoms with E-state index in [1.165, 1.54) is 23.5 Å². The number of nitrogens with one attached hydrogen (secondary N) is 2. The van der Waals surface area contributed by atoms with E-state index in [4.69, 9.17) is 16.3 Å². The van der Waals surface area contributed by atoms with Gasteiger partial charge in [0.15, 0.2) is 0 Å². The number of benzene rings is 2. The summed E-state index contributed by atoms with van der Waals surface area (Å²) in [6.07, 6.45) is 2.24. The van der Waals surface area contributed by atoms with Gasteiger partial charge in [0, 0.05) is 23.9 Å². The van der Waals surface area contributed by atoms with Crippen LogP contribution in [0.4, 0.5) is 4.39 Å². The van der Waals surface area contributed by atoms with Gasteiger partial charge < -0.3 is 15.4 Å². The number of ether oxygens (including phenoxy) is 1. The molecular weight excluding hydrogens is 591 g/mol. The first kappa shape index (κ1) is 31.9. The maximum atomic E-state index is 14.8. The molecule has 0 saturated heterocycles. The average Bonchev–Trinajstić information content (AvgIpc) is 3.61. The fourth-order valence-corrected chi connectivity index (χ4v) is 5.30. The summed E-state index contributed by atoms with van der Waals surface area (Å²) in [5, 5.41) is 10.1. The minimum Gasteiger partial charge on any atom is -0.458 e. The third-order valence-electron chi connectivity index (χ3n) is 6.69. The van der Waals surface area contributed by atoms with Gasteiger partial charge in [-0.25, -0.2) is 13.9 Å². The van der Waals surface area contributed by atoms with Gasteiger partial charge in [0.1, 0.15) is 23.2 Å². The van der Waals surface area contributed by atoms with Gasteiger partial charge in [-0.05, 0) is 69.2 Å². The Morgan fingerprint density at radius 1 is 1.07 bits per heavy atom. The molecule has 4 aromatic rings. The summed E-state index contributed by atoms with van der Waals surface area (Å²) in [5.74, 6) is -2.35. The Hall–Kier alpha value is -4.02. The van der Waals surface area contributed by atoms with Gasteiger partial charge in [-0.15, -0.1) is 11.3 Å². The highest BCUT2D eigenvalue weighted by molar-refractivity contribution is 7.19. The first-order valence-electron chi connectivity index (χ1n) is 13.9. The molecule has 4 rings (SSSR count). The maximum absolute atomic E-state index is 14.8. The van der Waals surface area contributed by atoms with Crippen LogP contribution in [0, 0.1) is 11.7 Å². The van der Waals surface area contributed by atoms with Crippen LogP contribution in [-0.2, 0) is 16.1 Å². The first-order chi connectivity index (χ1) is 20.4. The minimum absolute atomic E-state index is 0.106. The number of rotatable bonds is 10. The highest BCUT2D eigenvalue weighted by Crippen LogP contribution is 2.33. The van der Waals surface area contributed by atoms with Crippen molar-refractivity contribution in [1.29, 1.82) is 0 Å². The summed E-state index contributed by atoms with van der Waals surface area (Å²) in [6, 6.07) is 15.8. The first-order valence-corrected chi connectivity index (χ1v) is 15.1. The Balaban J connectivity index is 1.53. The second kappa shape index (κ2) is 13.5. The molecule has 2 amide bonds. The zero-order valence-electron chi connectivity index (χ0n) is 24.6. The van der Waals surface area contributed by atoms with Crippen molar-refractivity contribution in [3.05, 3.63) is 93.7 Å². The number of amides is 2. The summed E-state index contributed by atoms with van der Waals surface area (Å²) in [7, 11) is 0. The van der Waals surface area contributed by atoms with Crippen molar-refractivity contribution in [2.75, 3.05) is 0 Å². The lowest BCUT2D eigenvalue weighted by atomic mass is 9.98. The van der Waals surface area contributed by atoms with Crippen LogP contribution in [0.15, 0.2) is 66.9 Å². The molecule has 0 unspecified atom stereocenters. The summed E-state index contributed by atoms with van der Waals surface area (Å²) < 4.78 is 22.5. The SMILES string of the molecule is CC[C@H](C)[C@H](NC(=O)c1ccc(F)c(CNC(=O)c2cn(-c3ccccc3)nc2-c2ccc(Cl)s2)c1)C(=O)OC(C)(C)C. The monoisotopic (exact) mass is 624 g/mol. The van der Waals surface area contributed by atoms with Gasteiger partial charge in [0.25, 0.3) is 11.8 Å². The number of aromatic nitrogens is 2. The molecule has 226 valence electrons. The number of para-hydroxylation sites is 1. The molecule has 0 aliphatic carbocycles. The standard InChI is InChI=1S/C32H34ClFN4O4S/c1-6-19(2)27(31(41)42-32(3,4)5)36-29(39)20-12-13-24(34)21(16-20)17-35-30(40)23-18-38(22-10-8-7-9-11-22)37-28(23)25-14-15-26(33)43-25/h7-16,18-19,27H,6,17H2,1-5H3,(H,35,40)(H,36,39)/t19-,27-/m0/s1. The molecule has 0 saturated carbocycles. The van der Waals surface area contributed by atoms with Gasteiger partial charge in [0.05, 0.1) is 20.5 Å². The fourth-order valence-electron chi connectivity index (χ4n) is 4.26. The lowest BCUT2D eigenvalue weighted by Gasteiger charge is -2.27. The van der Waals surface area contributed by atoms with E-state index in [1.807, 2.05) is 44.2 Å². The van der Waals surface area contributed by atoms with Crippen LogP contribution in [0.2, 0.25) is 4.34 Å². The van der Waals surface area contributed by atoms with Crippen molar-refractivity contribution in [3.63, 3.8) is 0 Å². The van der Waals surface area contributed by atoms with Crippen molar-refractivity contribution in [2.45, 2.75) is 59.2 Å². The molecule has 2 atom stereocenters. The quantitative estimate of drug-likeness (QED) is 0.189. The summed E-state index contributed by atoms with van der Waals surface area (Å²) in [4.78, 5) is 40.1. The zero-order chi connectivity index (χ0) is 31.3. The van der Waals surface area contributed by atoms with Gasteiger partial charge in [-0.3, -0.25) is 9.59 Å². The highest BCUT2D eigenvalue weighted by Gasteiger charge is 2.31. The molecule has 0 aliphatic rings. The molecule has 8 nitrogen and oxygen atoms in total. The predicted molar refractivity (Wildman–Crippen MR) is 166 cm³/mol. The van der Waals surface area contributed by atoms with Crippen LogP contribution >= 0.6 is 22.9 Å². The summed E-state index contributed by atoms with van der Waals surface area (Å²) in [6.45, 7) is 8.84. The number of thiophene rings is 1. The topological polar surface area (TPSA) is 102 Å². The average molecular weight is 625 g/mol. The number of carbonyl (C=O) groups is 3. The molecular formula is C32H34ClFN4O4S. The number of esters is 1. The van der Waals surface area contributed by atoms with Gasteiger partial charge in [-0.1, -0.05) is 50.1 Å². The number of halogens is 2. The molecule has 2 heterocycles. The second-order valence-electron chi connectivity index (χ2n) is 11.1. The zero-order valence-corrected chi connectivity index (χ0v) is 26.2. The van der Waals surface area contributed by atoms with Crippen molar-refractivity contribution in [3.8, 4) is 16.3 Å². The molecule has 11 heteroatoms. The molecule has 0 aliphatic heterocycles. The predicted octanol–water partition coefficient (Wildman–Crippen LogP) is 6.81. The minimum atomic E-state index is -0.879. The molecule has 2 aromatic carbocycles. The van der Waals surface area contributed by atoms with Crippen LogP contribution in [0.1, 0.15) is 67.3 Å². The molecule has 0 bridgehead atoms. The lowest BCUT2D eigenvalue weighted by molar-refractivity contribution is -0.158. The molecule has 43 heavy (non-hydrogen) atoms.